The molecule has 25 heavy (non-hydrogen) atoms. The number of hydrogen-bond donors (Lipinski definition) is 1. The highest BCUT2D eigenvalue weighted by Crippen LogP contribution is 2.13. The van der Waals surface area contributed by atoms with Gasteiger partial charge in [0.25, 0.3) is 0 Å². The molecule has 1 fully saturated rings. The molecule has 1 atom stereocenters. The van der Waals surface area contributed by atoms with Crippen LogP contribution in [0.15, 0.2) is 29.3 Å². The molecular formula is C19H30FN3O2. The number of guanidine groups is 1. The van der Waals surface area contributed by atoms with Crippen molar-refractivity contribution < 1.29 is 13.9 Å². The van der Waals surface area contributed by atoms with E-state index in [1.807, 2.05) is 0 Å². The van der Waals surface area contributed by atoms with Crippen LogP contribution >= 0.6 is 0 Å². The molecule has 1 aliphatic heterocycles. The van der Waals surface area contributed by atoms with Gasteiger partial charge < -0.3 is 19.7 Å². The Morgan fingerprint density at radius 1 is 1.36 bits per heavy atom. The normalized spacial score (nSPS) is 17.6. The largest absolute Gasteiger partial charge is 0.494 e. The minimum Gasteiger partial charge on any atom is -0.494 e. The van der Waals surface area contributed by atoms with Gasteiger partial charge in [-0.2, -0.15) is 0 Å². The summed E-state index contributed by atoms with van der Waals surface area (Å²) in [6.45, 7) is 7.02. The summed E-state index contributed by atoms with van der Waals surface area (Å²) in [6, 6.07) is 6.12. The predicted molar refractivity (Wildman–Crippen MR) is 98.7 cm³/mol. The Morgan fingerprint density at radius 3 is 2.84 bits per heavy atom. The summed E-state index contributed by atoms with van der Waals surface area (Å²) < 4.78 is 23.9. The van der Waals surface area contributed by atoms with Crippen LogP contribution < -0.4 is 10.1 Å². The number of nitrogens with one attached hydrogen (secondary N) is 1. The zero-order valence-electron chi connectivity index (χ0n) is 15.3. The molecule has 5 nitrogen and oxygen atoms in total. The highest BCUT2D eigenvalue weighted by Gasteiger charge is 2.18. The van der Waals surface area contributed by atoms with Crippen LogP contribution in [-0.4, -0.2) is 57.4 Å². The van der Waals surface area contributed by atoms with Crippen molar-refractivity contribution in [1.29, 1.82) is 0 Å². The zero-order chi connectivity index (χ0) is 17.9. The number of rotatable bonds is 9. The van der Waals surface area contributed by atoms with E-state index in [4.69, 9.17) is 14.5 Å². The molecule has 140 valence electrons. The number of halogens is 1. The first-order valence-corrected chi connectivity index (χ1v) is 9.14. The van der Waals surface area contributed by atoms with E-state index >= 15 is 0 Å². The fourth-order valence-corrected chi connectivity index (χ4v) is 2.79. The summed E-state index contributed by atoms with van der Waals surface area (Å²) >= 11 is 0. The first kappa shape index (κ1) is 19.5. The molecule has 1 N–H and O–H groups in total. The third kappa shape index (κ3) is 7.30. The van der Waals surface area contributed by atoms with Crippen molar-refractivity contribution >= 4 is 5.96 Å². The Labute approximate surface area is 150 Å². The Balaban J connectivity index is 1.66. The number of aliphatic imine (C=N–C) groups is 1. The molecule has 0 aromatic heterocycles. The molecule has 0 bridgehead atoms. The molecule has 1 saturated heterocycles. The van der Waals surface area contributed by atoms with Crippen molar-refractivity contribution in [3.63, 3.8) is 0 Å². The van der Waals surface area contributed by atoms with E-state index in [2.05, 4.69) is 24.2 Å². The molecule has 0 radical (unpaired) electrons. The first-order chi connectivity index (χ1) is 12.2. The van der Waals surface area contributed by atoms with E-state index in [0.717, 1.165) is 58.1 Å². The van der Waals surface area contributed by atoms with Crippen LogP contribution in [0.4, 0.5) is 4.39 Å². The minimum absolute atomic E-state index is 0.245. The van der Waals surface area contributed by atoms with Crippen LogP contribution in [0.1, 0.15) is 26.2 Å². The van der Waals surface area contributed by atoms with Crippen molar-refractivity contribution in [3.05, 3.63) is 30.1 Å². The second kappa shape index (κ2) is 10.9. The maximum Gasteiger partial charge on any atom is 0.193 e. The smallest absolute Gasteiger partial charge is 0.193 e. The highest BCUT2D eigenvalue weighted by molar-refractivity contribution is 5.79. The number of ether oxygens (including phenoxy) is 2. The predicted octanol–water partition coefficient (Wildman–Crippen LogP) is 2.92. The van der Waals surface area contributed by atoms with E-state index in [1.165, 1.54) is 12.1 Å². The van der Waals surface area contributed by atoms with Gasteiger partial charge >= 0.3 is 0 Å². The topological polar surface area (TPSA) is 46.1 Å². The summed E-state index contributed by atoms with van der Waals surface area (Å²) in [4.78, 5) is 6.89. The van der Waals surface area contributed by atoms with Crippen molar-refractivity contribution in [2.45, 2.75) is 26.2 Å². The van der Waals surface area contributed by atoms with Crippen molar-refractivity contribution in [2.24, 2.45) is 10.9 Å². The lowest BCUT2D eigenvalue weighted by atomic mass is 10.1. The van der Waals surface area contributed by atoms with E-state index in [1.54, 1.807) is 12.1 Å². The van der Waals surface area contributed by atoms with Gasteiger partial charge in [-0.3, -0.25) is 4.99 Å². The van der Waals surface area contributed by atoms with E-state index < -0.39 is 0 Å². The number of unbranched alkanes of at least 4 members (excludes halogenated alkanes) is 1. The molecule has 2 rings (SSSR count). The van der Waals surface area contributed by atoms with Crippen molar-refractivity contribution in [3.8, 4) is 5.75 Å². The lowest BCUT2D eigenvalue weighted by molar-refractivity contribution is 0.181. The average molecular weight is 351 g/mol. The standard InChI is InChI=1S/C19H30FN3O2/c1-3-21-19(23(2)14-16-10-13-24-15-16)22-11-4-5-12-25-18-8-6-17(20)7-9-18/h6-9,16H,3-5,10-15H2,1-2H3,(H,21,22). The minimum atomic E-state index is -0.245. The molecule has 1 aliphatic rings. The van der Waals surface area contributed by atoms with Crippen LogP contribution in [0.2, 0.25) is 0 Å². The van der Waals surface area contributed by atoms with Crippen LogP contribution in [-0.2, 0) is 4.74 Å². The van der Waals surface area contributed by atoms with E-state index in [-0.39, 0.29) is 5.82 Å². The lowest BCUT2D eigenvalue weighted by Crippen LogP contribution is -2.41. The summed E-state index contributed by atoms with van der Waals surface area (Å²) in [7, 11) is 2.08. The summed E-state index contributed by atoms with van der Waals surface area (Å²) in [5, 5.41) is 3.35. The van der Waals surface area contributed by atoms with Gasteiger partial charge in [0.15, 0.2) is 5.96 Å². The molecular weight excluding hydrogens is 321 g/mol. The monoisotopic (exact) mass is 351 g/mol. The van der Waals surface area contributed by atoms with Gasteiger partial charge in [-0.25, -0.2) is 4.39 Å². The Bertz CT molecular complexity index is 516. The van der Waals surface area contributed by atoms with Crippen LogP contribution in [0, 0.1) is 11.7 Å². The zero-order valence-corrected chi connectivity index (χ0v) is 15.3. The lowest BCUT2D eigenvalue weighted by Gasteiger charge is -2.24. The Morgan fingerprint density at radius 2 is 2.16 bits per heavy atom. The van der Waals surface area contributed by atoms with Crippen molar-refractivity contribution in [2.75, 3.05) is 46.5 Å². The first-order valence-electron chi connectivity index (χ1n) is 9.14. The van der Waals surface area contributed by atoms with Gasteiger partial charge in [-0.15, -0.1) is 0 Å². The van der Waals surface area contributed by atoms with Crippen LogP contribution in [0.25, 0.3) is 0 Å². The number of hydrogen-bond acceptors (Lipinski definition) is 3. The van der Waals surface area contributed by atoms with Gasteiger partial charge in [-0.1, -0.05) is 0 Å². The van der Waals surface area contributed by atoms with Crippen LogP contribution in [0.5, 0.6) is 5.75 Å². The van der Waals surface area contributed by atoms with Gasteiger partial charge in [0.05, 0.1) is 13.2 Å². The van der Waals surface area contributed by atoms with Gasteiger partial charge in [0, 0.05) is 39.2 Å². The summed E-state index contributed by atoms with van der Waals surface area (Å²) in [5.41, 5.74) is 0. The molecule has 6 heteroatoms. The third-order valence-electron chi connectivity index (χ3n) is 4.15. The SMILES string of the molecule is CCNC(=NCCCCOc1ccc(F)cc1)N(C)CC1CCOC1. The molecule has 0 saturated carbocycles. The van der Waals surface area contributed by atoms with Gasteiger partial charge in [-0.05, 0) is 50.5 Å². The maximum absolute atomic E-state index is 12.8. The average Bonchev–Trinajstić information content (AvgIpc) is 3.11. The molecule has 1 unspecified atom stereocenters. The highest BCUT2D eigenvalue weighted by atomic mass is 19.1. The summed E-state index contributed by atoms with van der Waals surface area (Å²) in [6.07, 6.45) is 3.00. The van der Waals surface area contributed by atoms with Crippen molar-refractivity contribution in [1.82, 2.24) is 10.2 Å². The van der Waals surface area contributed by atoms with Gasteiger partial charge in [0.2, 0.25) is 0 Å². The quantitative estimate of drug-likeness (QED) is 0.422. The Hall–Kier alpha value is -1.82. The second-order valence-electron chi connectivity index (χ2n) is 6.36. The van der Waals surface area contributed by atoms with E-state index in [9.17, 15) is 4.39 Å². The fourth-order valence-electron chi connectivity index (χ4n) is 2.79. The Kier molecular flexibility index (Phi) is 8.52. The molecule has 0 amide bonds. The van der Waals surface area contributed by atoms with Gasteiger partial charge in [0.1, 0.15) is 11.6 Å². The number of nitrogens with zero attached hydrogens (tertiary/aromatic N) is 2. The second-order valence-corrected chi connectivity index (χ2v) is 6.36. The van der Waals surface area contributed by atoms with Crippen LogP contribution in [0.3, 0.4) is 0 Å². The summed E-state index contributed by atoms with van der Waals surface area (Å²) in [5.74, 6) is 2.01. The molecule has 1 heterocycles. The molecule has 0 aliphatic carbocycles. The fraction of sp³-hybridized carbons (Fsp3) is 0.632. The molecule has 1 aromatic rings. The number of benzene rings is 1. The molecule has 0 spiro atoms. The molecule has 1 aromatic carbocycles. The van der Waals surface area contributed by atoms with E-state index in [0.29, 0.717) is 18.3 Å². The maximum atomic E-state index is 12.8. The third-order valence-corrected chi connectivity index (χ3v) is 4.15.